The van der Waals surface area contributed by atoms with E-state index in [4.69, 9.17) is 0 Å². The molecule has 4 nitrogen and oxygen atoms in total. The van der Waals surface area contributed by atoms with E-state index in [0.29, 0.717) is 5.69 Å². The van der Waals surface area contributed by atoms with Crippen molar-refractivity contribution in [3.8, 4) is 0 Å². The normalized spacial score (nSPS) is 11.4. The Labute approximate surface area is 106 Å². The minimum Gasteiger partial charge on any atom is -0.364 e. The number of alkyl halides is 3. The maximum atomic E-state index is 12.5. The Morgan fingerprint density at radius 3 is 2.68 bits per heavy atom. The van der Waals surface area contributed by atoms with Crippen LogP contribution in [-0.2, 0) is 6.18 Å². The van der Waals surface area contributed by atoms with Crippen molar-refractivity contribution in [1.82, 2.24) is 5.16 Å². The van der Waals surface area contributed by atoms with Crippen LogP contribution in [0.4, 0.5) is 18.9 Å². The number of aryl methyl sites for hydroxylation is 1. The van der Waals surface area contributed by atoms with Gasteiger partial charge in [-0.3, -0.25) is 4.79 Å². The zero-order valence-electron chi connectivity index (χ0n) is 9.78. The monoisotopic (exact) mass is 270 g/mol. The zero-order chi connectivity index (χ0) is 14.0. The quantitative estimate of drug-likeness (QED) is 0.911. The molecule has 0 bridgehead atoms. The standard InChI is InChI=1S/C12H9F3N2O2/c1-7-10(6-19-17-7)11(18)16-9-4-2-3-8(5-9)12(13,14)15/h2-6H,1H3,(H,16,18). The fourth-order valence-electron chi connectivity index (χ4n) is 1.48. The largest absolute Gasteiger partial charge is 0.416 e. The van der Waals surface area contributed by atoms with Gasteiger partial charge in [0.2, 0.25) is 0 Å². The number of carbonyl (C=O) groups is 1. The number of hydrogen-bond donors (Lipinski definition) is 1. The van der Waals surface area contributed by atoms with E-state index in [-0.39, 0.29) is 11.3 Å². The summed E-state index contributed by atoms with van der Waals surface area (Å²) in [7, 11) is 0. The first kappa shape index (κ1) is 13.1. The van der Waals surface area contributed by atoms with Crippen molar-refractivity contribution in [2.24, 2.45) is 0 Å². The molecule has 1 aromatic heterocycles. The Kier molecular flexibility index (Phi) is 3.28. The maximum Gasteiger partial charge on any atom is 0.416 e. The van der Waals surface area contributed by atoms with Crippen LogP contribution in [0.3, 0.4) is 0 Å². The third kappa shape index (κ3) is 2.93. The van der Waals surface area contributed by atoms with Crippen LogP contribution >= 0.6 is 0 Å². The molecule has 0 radical (unpaired) electrons. The number of aromatic nitrogens is 1. The van der Waals surface area contributed by atoms with Gasteiger partial charge in [0.15, 0.2) is 0 Å². The van der Waals surface area contributed by atoms with Crippen molar-refractivity contribution in [2.45, 2.75) is 13.1 Å². The van der Waals surface area contributed by atoms with Crippen LogP contribution in [-0.4, -0.2) is 11.1 Å². The molecule has 2 aromatic rings. The highest BCUT2D eigenvalue weighted by Crippen LogP contribution is 2.30. The van der Waals surface area contributed by atoms with Gasteiger partial charge < -0.3 is 9.84 Å². The number of anilines is 1. The SMILES string of the molecule is Cc1nocc1C(=O)Nc1cccc(C(F)(F)F)c1. The molecular formula is C12H9F3N2O2. The smallest absolute Gasteiger partial charge is 0.364 e. The number of halogens is 3. The van der Waals surface area contributed by atoms with Crippen LogP contribution in [0.25, 0.3) is 0 Å². The molecule has 1 amide bonds. The van der Waals surface area contributed by atoms with Gasteiger partial charge in [0.1, 0.15) is 11.8 Å². The predicted octanol–water partition coefficient (Wildman–Crippen LogP) is 3.25. The molecule has 7 heteroatoms. The second kappa shape index (κ2) is 4.75. The van der Waals surface area contributed by atoms with Gasteiger partial charge in [-0.1, -0.05) is 11.2 Å². The van der Waals surface area contributed by atoms with E-state index >= 15 is 0 Å². The average Bonchev–Trinajstić information content (AvgIpc) is 2.75. The lowest BCUT2D eigenvalue weighted by atomic mass is 10.2. The molecule has 100 valence electrons. The predicted molar refractivity (Wildman–Crippen MR) is 60.6 cm³/mol. The summed E-state index contributed by atoms with van der Waals surface area (Å²) < 4.78 is 42.1. The Bertz CT molecular complexity index is 605. The van der Waals surface area contributed by atoms with Gasteiger partial charge in [0.05, 0.1) is 11.3 Å². The lowest BCUT2D eigenvalue weighted by Crippen LogP contribution is -2.13. The molecule has 0 spiro atoms. The van der Waals surface area contributed by atoms with Crippen molar-refractivity contribution in [3.05, 3.63) is 47.3 Å². The first-order chi connectivity index (χ1) is 8.88. The van der Waals surface area contributed by atoms with E-state index < -0.39 is 17.6 Å². The second-order valence-corrected chi connectivity index (χ2v) is 3.85. The van der Waals surface area contributed by atoms with Crippen LogP contribution < -0.4 is 5.32 Å². The molecule has 0 saturated carbocycles. The van der Waals surface area contributed by atoms with Crippen molar-refractivity contribution in [3.63, 3.8) is 0 Å². The third-order valence-corrected chi connectivity index (χ3v) is 2.44. The summed E-state index contributed by atoms with van der Waals surface area (Å²) in [6, 6.07) is 4.38. The summed E-state index contributed by atoms with van der Waals surface area (Å²) in [4.78, 5) is 11.8. The van der Waals surface area contributed by atoms with Gasteiger partial charge in [0, 0.05) is 5.69 Å². The molecule has 0 aliphatic rings. The van der Waals surface area contributed by atoms with Gasteiger partial charge in [-0.25, -0.2) is 0 Å². The Hall–Kier alpha value is -2.31. The maximum absolute atomic E-state index is 12.5. The number of nitrogens with one attached hydrogen (secondary N) is 1. The van der Waals surface area contributed by atoms with Crippen LogP contribution in [0.15, 0.2) is 35.1 Å². The van der Waals surface area contributed by atoms with Gasteiger partial charge >= 0.3 is 6.18 Å². The van der Waals surface area contributed by atoms with Crippen molar-refractivity contribution in [1.29, 1.82) is 0 Å². The highest BCUT2D eigenvalue weighted by Gasteiger charge is 2.30. The average molecular weight is 270 g/mol. The Morgan fingerprint density at radius 2 is 2.11 bits per heavy atom. The molecule has 2 rings (SSSR count). The van der Waals surface area contributed by atoms with Gasteiger partial charge in [-0.15, -0.1) is 0 Å². The summed E-state index contributed by atoms with van der Waals surface area (Å²) in [6.07, 6.45) is -3.31. The van der Waals surface area contributed by atoms with E-state index in [9.17, 15) is 18.0 Å². The minimum absolute atomic E-state index is 0.0559. The summed E-state index contributed by atoms with van der Waals surface area (Å²) in [6.45, 7) is 1.56. The Morgan fingerprint density at radius 1 is 1.37 bits per heavy atom. The molecule has 1 N–H and O–H groups in total. The molecule has 0 aliphatic heterocycles. The topological polar surface area (TPSA) is 55.1 Å². The van der Waals surface area contributed by atoms with E-state index in [1.54, 1.807) is 6.92 Å². The summed E-state index contributed by atoms with van der Waals surface area (Å²) in [5, 5.41) is 5.88. The molecule has 0 saturated heterocycles. The molecule has 0 atom stereocenters. The van der Waals surface area contributed by atoms with E-state index in [2.05, 4.69) is 15.0 Å². The lowest BCUT2D eigenvalue weighted by molar-refractivity contribution is -0.137. The highest BCUT2D eigenvalue weighted by molar-refractivity contribution is 6.04. The van der Waals surface area contributed by atoms with Crippen molar-refractivity contribution < 1.29 is 22.5 Å². The van der Waals surface area contributed by atoms with Crippen molar-refractivity contribution >= 4 is 11.6 Å². The summed E-state index contributed by atoms with van der Waals surface area (Å²) >= 11 is 0. The number of benzene rings is 1. The fraction of sp³-hybridized carbons (Fsp3) is 0.167. The van der Waals surface area contributed by atoms with E-state index in [1.807, 2.05) is 0 Å². The molecule has 0 aliphatic carbocycles. The van der Waals surface area contributed by atoms with Crippen LogP contribution in [0, 0.1) is 6.92 Å². The number of hydrogen-bond acceptors (Lipinski definition) is 3. The molecule has 1 aromatic carbocycles. The van der Waals surface area contributed by atoms with Crippen LogP contribution in [0.2, 0.25) is 0 Å². The Balaban J connectivity index is 2.21. The minimum atomic E-state index is -4.45. The first-order valence-electron chi connectivity index (χ1n) is 5.27. The van der Waals surface area contributed by atoms with Gasteiger partial charge in [0.25, 0.3) is 5.91 Å². The molecular weight excluding hydrogens is 261 g/mol. The molecule has 0 fully saturated rings. The summed E-state index contributed by atoms with van der Waals surface area (Å²) in [5.74, 6) is -0.571. The second-order valence-electron chi connectivity index (χ2n) is 3.85. The number of amides is 1. The molecule has 0 unspecified atom stereocenters. The lowest BCUT2D eigenvalue weighted by Gasteiger charge is -2.09. The summed E-state index contributed by atoms with van der Waals surface area (Å²) in [5.41, 5.74) is -0.227. The molecule has 19 heavy (non-hydrogen) atoms. The van der Waals surface area contributed by atoms with Crippen LogP contribution in [0.1, 0.15) is 21.6 Å². The van der Waals surface area contributed by atoms with Crippen LogP contribution in [0.5, 0.6) is 0 Å². The number of carbonyl (C=O) groups excluding carboxylic acids is 1. The number of rotatable bonds is 2. The van der Waals surface area contributed by atoms with Crippen molar-refractivity contribution in [2.75, 3.05) is 5.32 Å². The highest BCUT2D eigenvalue weighted by atomic mass is 19.4. The van der Waals surface area contributed by atoms with Gasteiger partial charge in [-0.2, -0.15) is 13.2 Å². The van der Waals surface area contributed by atoms with E-state index in [1.165, 1.54) is 12.1 Å². The van der Waals surface area contributed by atoms with Gasteiger partial charge in [-0.05, 0) is 25.1 Å². The van der Waals surface area contributed by atoms with E-state index in [0.717, 1.165) is 18.4 Å². The fourth-order valence-corrected chi connectivity index (χ4v) is 1.48. The third-order valence-electron chi connectivity index (χ3n) is 2.44. The number of nitrogens with zero attached hydrogens (tertiary/aromatic N) is 1. The first-order valence-corrected chi connectivity index (χ1v) is 5.27. The zero-order valence-corrected chi connectivity index (χ0v) is 9.78. The molecule has 1 heterocycles.